The summed E-state index contributed by atoms with van der Waals surface area (Å²) in [6.07, 6.45) is 1.80. The van der Waals surface area contributed by atoms with Gasteiger partial charge in [0.1, 0.15) is 37.2 Å². The molecule has 30 heavy (non-hydrogen) atoms. The molecule has 5 atom stereocenters. The van der Waals surface area contributed by atoms with Crippen LogP contribution in [0.15, 0.2) is 30.3 Å². The molecule has 1 amide bonds. The van der Waals surface area contributed by atoms with E-state index in [0.29, 0.717) is 6.54 Å². The minimum absolute atomic E-state index is 0.0913. The summed E-state index contributed by atoms with van der Waals surface area (Å²) >= 11 is 0. The van der Waals surface area contributed by atoms with Crippen LogP contribution in [0.4, 0.5) is 4.79 Å². The molecule has 0 spiro atoms. The van der Waals surface area contributed by atoms with E-state index in [1.165, 1.54) is 19.3 Å². The van der Waals surface area contributed by atoms with Gasteiger partial charge in [-0.2, -0.15) is 0 Å². The van der Waals surface area contributed by atoms with Crippen LogP contribution in [0.3, 0.4) is 0 Å². The smallest absolute Gasteiger partial charge is 0.407 e. The Hall–Kier alpha value is -1.71. The van der Waals surface area contributed by atoms with Gasteiger partial charge in [0.2, 0.25) is 0 Å². The van der Waals surface area contributed by atoms with Gasteiger partial charge in [-0.3, -0.25) is 5.32 Å². The molecule has 2 rings (SSSR count). The second-order valence-corrected chi connectivity index (χ2v) is 7.71. The monoisotopic (exact) mass is 424 g/mol. The Kier molecular flexibility index (Phi) is 11.1. The number of amides is 1. The van der Waals surface area contributed by atoms with Gasteiger partial charge in [0.15, 0.2) is 0 Å². The van der Waals surface area contributed by atoms with E-state index >= 15 is 0 Å². The third kappa shape index (κ3) is 7.85. The van der Waals surface area contributed by atoms with Crippen LogP contribution in [-0.2, 0) is 16.1 Å². The first-order valence-electron chi connectivity index (χ1n) is 10.9. The number of carbonyl (C=O) groups excluding carboxylic acids is 1. The van der Waals surface area contributed by atoms with Gasteiger partial charge in [0.25, 0.3) is 0 Å². The first-order chi connectivity index (χ1) is 14.6. The predicted molar refractivity (Wildman–Crippen MR) is 113 cm³/mol. The van der Waals surface area contributed by atoms with Gasteiger partial charge in [0, 0.05) is 0 Å². The number of rotatable bonds is 12. The average molecular weight is 425 g/mol. The molecule has 1 aliphatic rings. The molecule has 0 radical (unpaired) electrons. The number of aliphatic hydroxyl groups excluding tert-OH is 3. The fourth-order valence-corrected chi connectivity index (χ4v) is 3.50. The van der Waals surface area contributed by atoms with E-state index in [0.717, 1.165) is 24.8 Å². The normalized spacial score (nSPS) is 26.3. The van der Waals surface area contributed by atoms with Crippen LogP contribution in [0.25, 0.3) is 0 Å². The minimum atomic E-state index is -1.32. The Labute approximate surface area is 178 Å². The molecule has 1 saturated heterocycles. The maximum Gasteiger partial charge on any atom is 0.407 e. The molecule has 0 unspecified atom stereocenters. The zero-order chi connectivity index (χ0) is 21.8. The fraction of sp³-hybridized carbons (Fsp3) is 0.682. The third-order valence-electron chi connectivity index (χ3n) is 5.30. The summed E-state index contributed by atoms with van der Waals surface area (Å²) in [5.41, 5.74) is 0.839. The molecule has 1 aromatic carbocycles. The van der Waals surface area contributed by atoms with Crippen molar-refractivity contribution < 1.29 is 29.6 Å². The molecule has 8 heteroatoms. The SMILES string of the molecule is CCCCCCCCN[C@@H]1O[C@H](CO)[C@@H](O)[C@H](O)[C@@H]1NC(=O)OCc1ccccc1. The second kappa shape index (κ2) is 13.6. The number of benzene rings is 1. The molecule has 0 aliphatic carbocycles. The van der Waals surface area contributed by atoms with Crippen molar-refractivity contribution in [3.63, 3.8) is 0 Å². The Balaban J connectivity index is 1.86. The summed E-state index contributed by atoms with van der Waals surface area (Å²) in [7, 11) is 0. The van der Waals surface area contributed by atoms with Crippen molar-refractivity contribution in [2.24, 2.45) is 0 Å². The van der Waals surface area contributed by atoms with Crippen molar-refractivity contribution >= 4 is 6.09 Å². The van der Waals surface area contributed by atoms with Crippen LogP contribution in [-0.4, -0.2) is 65.1 Å². The second-order valence-electron chi connectivity index (χ2n) is 7.71. The summed E-state index contributed by atoms with van der Waals surface area (Å²) in [4.78, 5) is 12.3. The van der Waals surface area contributed by atoms with Crippen LogP contribution in [0.1, 0.15) is 51.0 Å². The van der Waals surface area contributed by atoms with Gasteiger partial charge in [-0.1, -0.05) is 69.4 Å². The number of nitrogens with one attached hydrogen (secondary N) is 2. The Morgan fingerprint density at radius 3 is 2.47 bits per heavy atom. The standard InChI is InChI=1S/C22H36N2O6/c1-2-3-4-5-6-10-13-23-21-18(20(27)19(26)17(14-25)30-21)24-22(28)29-15-16-11-8-7-9-12-16/h7-9,11-12,17-21,23,25-27H,2-6,10,13-15H2,1H3,(H,24,28)/t17-,18+,19-,20-,21-/m1/s1. The number of hydrogen-bond acceptors (Lipinski definition) is 7. The largest absolute Gasteiger partial charge is 0.445 e. The molecule has 1 fully saturated rings. The molecule has 0 aromatic heterocycles. The first kappa shape index (κ1) is 24.6. The number of hydrogen-bond donors (Lipinski definition) is 5. The van der Waals surface area contributed by atoms with E-state index in [2.05, 4.69) is 17.6 Å². The highest BCUT2D eigenvalue weighted by atomic mass is 16.6. The highest BCUT2D eigenvalue weighted by molar-refractivity contribution is 5.67. The van der Waals surface area contributed by atoms with Crippen molar-refractivity contribution in [2.45, 2.75) is 82.6 Å². The number of carbonyl (C=O) groups is 1. The van der Waals surface area contributed by atoms with Crippen LogP contribution in [0.2, 0.25) is 0 Å². The Bertz CT molecular complexity index is 603. The van der Waals surface area contributed by atoms with E-state index < -0.39 is 43.3 Å². The Morgan fingerprint density at radius 2 is 1.77 bits per heavy atom. The van der Waals surface area contributed by atoms with E-state index in [1.807, 2.05) is 30.3 Å². The first-order valence-corrected chi connectivity index (χ1v) is 10.9. The molecule has 5 N–H and O–H groups in total. The lowest BCUT2D eigenvalue weighted by Crippen LogP contribution is -2.67. The minimum Gasteiger partial charge on any atom is -0.445 e. The lowest BCUT2D eigenvalue weighted by atomic mass is 9.96. The highest BCUT2D eigenvalue weighted by Gasteiger charge is 2.45. The quantitative estimate of drug-likeness (QED) is 0.324. The van der Waals surface area contributed by atoms with Crippen LogP contribution in [0.5, 0.6) is 0 Å². The molecule has 170 valence electrons. The van der Waals surface area contributed by atoms with Crippen molar-refractivity contribution in [1.29, 1.82) is 0 Å². The summed E-state index contributed by atoms with van der Waals surface area (Å²) in [5.74, 6) is 0. The number of alkyl carbamates (subject to hydrolysis) is 1. The van der Waals surface area contributed by atoms with Gasteiger partial charge in [0.05, 0.1) is 6.61 Å². The zero-order valence-corrected chi connectivity index (χ0v) is 17.7. The van der Waals surface area contributed by atoms with Crippen LogP contribution >= 0.6 is 0 Å². The van der Waals surface area contributed by atoms with Gasteiger partial charge >= 0.3 is 6.09 Å². The van der Waals surface area contributed by atoms with Crippen molar-refractivity contribution in [1.82, 2.24) is 10.6 Å². The van der Waals surface area contributed by atoms with Crippen molar-refractivity contribution in [3.05, 3.63) is 35.9 Å². The van der Waals surface area contributed by atoms with E-state index in [9.17, 15) is 20.1 Å². The molecular formula is C22H36N2O6. The van der Waals surface area contributed by atoms with Gasteiger partial charge in [-0.15, -0.1) is 0 Å². The summed E-state index contributed by atoms with van der Waals surface area (Å²) in [6, 6.07) is 8.34. The Morgan fingerprint density at radius 1 is 1.07 bits per heavy atom. The number of aliphatic hydroxyl groups is 3. The molecule has 0 saturated carbocycles. The van der Waals surface area contributed by atoms with Gasteiger partial charge in [-0.05, 0) is 18.5 Å². The summed E-state index contributed by atoms with van der Waals surface area (Å²) in [6.45, 7) is 2.47. The molecule has 0 bridgehead atoms. The lowest BCUT2D eigenvalue weighted by Gasteiger charge is -2.42. The molecule has 1 aliphatic heterocycles. The zero-order valence-electron chi connectivity index (χ0n) is 17.7. The van der Waals surface area contributed by atoms with Crippen LogP contribution in [0, 0.1) is 0 Å². The van der Waals surface area contributed by atoms with E-state index in [4.69, 9.17) is 9.47 Å². The molecule has 8 nitrogen and oxygen atoms in total. The topological polar surface area (TPSA) is 120 Å². The van der Waals surface area contributed by atoms with Crippen molar-refractivity contribution in [2.75, 3.05) is 13.2 Å². The fourth-order valence-electron chi connectivity index (χ4n) is 3.50. The van der Waals surface area contributed by atoms with E-state index in [1.54, 1.807) is 0 Å². The maximum absolute atomic E-state index is 12.3. The van der Waals surface area contributed by atoms with E-state index in [-0.39, 0.29) is 6.61 Å². The maximum atomic E-state index is 12.3. The van der Waals surface area contributed by atoms with Gasteiger partial charge in [-0.25, -0.2) is 4.79 Å². The highest BCUT2D eigenvalue weighted by Crippen LogP contribution is 2.20. The van der Waals surface area contributed by atoms with Crippen LogP contribution < -0.4 is 10.6 Å². The summed E-state index contributed by atoms with van der Waals surface area (Å²) < 4.78 is 10.9. The van der Waals surface area contributed by atoms with Gasteiger partial charge < -0.3 is 30.1 Å². The predicted octanol–water partition coefficient (Wildman–Crippen LogP) is 1.67. The molecule has 1 aromatic rings. The number of unbranched alkanes of at least 4 members (excludes halogenated alkanes) is 5. The average Bonchev–Trinajstić information content (AvgIpc) is 2.77. The van der Waals surface area contributed by atoms with Crippen molar-refractivity contribution in [3.8, 4) is 0 Å². The summed E-state index contributed by atoms with van der Waals surface area (Å²) in [5, 5.41) is 35.9. The lowest BCUT2D eigenvalue weighted by molar-refractivity contribution is -0.200. The molecular weight excluding hydrogens is 388 g/mol. The third-order valence-corrected chi connectivity index (χ3v) is 5.30. The number of ether oxygens (including phenoxy) is 2. The molecule has 1 heterocycles.